The van der Waals surface area contributed by atoms with Crippen LogP contribution in [0.3, 0.4) is 0 Å². The summed E-state index contributed by atoms with van der Waals surface area (Å²) in [6.07, 6.45) is 0. The van der Waals surface area contributed by atoms with Gasteiger partial charge in [0.25, 0.3) is 0 Å². The van der Waals surface area contributed by atoms with E-state index in [0.29, 0.717) is 0 Å². The molecule has 126 valence electrons. The SMILES string of the molecule is CCOC(=O)c1c(-c2ccc(OC)c([N+](=O)[O-])c2)nc(=O)[nH]c1C. The normalized spacial score (nSPS) is 10.3. The second kappa shape index (κ2) is 6.90. The van der Waals surface area contributed by atoms with E-state index >= 15 is 0 Å². The Hall–Kier alpha value is -3.23. The summed E-state index contributed by atoms with van der Waals surface area (Å²) in [5.74, 6) is -0.616. The fourth-order valence-electron chi connectivity index (χ4n) is 2.23. The number of hydrogen-bond donors (Lipinski definition) is 1. The van der Waals surface area contributed by atoms with Gasteiger partial charge in [-0.05, 0) is 26.0 Å². The highest BCUT2D eigenvalue weighted by Gasteiger charge is 2.23. The molecule has 0 aliphatic rings. The van der Waals surface area contributed by atoms with Crippen molar-refractivity contribution in [3.8, 4) is 17.0 Å². The van der Waals surface area contributed by atoms with Crippen molar-refractivity contribution in [2.75, 3.05) is 13.7 Å². The van der Waals surface area contributed by atoms with Crippen LogP contribution in [0.15, 0.2) is 23.0 Å². The maximum absolute atomic E-state index is 12.2. The van der Waals surface area contributed by atoms with E-state index in [2.05, 4.69) is 9.97 Å². The summed E-state index contributed by atoms with van der Waals surface area (Å²) in [5.41, 5.74) is -0.406. The van der Waals surface area contributed by atoms with Crippen LogP contribution in [-0.2, 0) is 4.74 Å². The molecule has 1 aromatic carbocycles. The maximum Gasteiger partial charge on any atom is 0.345 e. The predicted octanol–water partition coefficient (Wildman–Crippen LogP) is 1.84. The summed E-state index contributed by atoms with van der Waals surface area (Å²) in [6, 6.07) is 4.05. The smallest absolute Gasteiger partial charge is 0.345 e. The summed E-state index contributed by atoms with van der Waals surface area (Å²) < 4.78 is 9.91. The van der Waals surface area contributed by atoms with Crippen molar-refractivity contribution >= 4 is 11.7 Å². The van der Waals surface area contributed by atoms with E-state index in [1.165, 1.54) is 32.2 Å². The second-order valence-corrected chi connectivity index (χ2v) is 4.75. The van der Waals surface area contributed by atoms with E-state index in [-0.39, 0.29) is 40.6 Å². The first-order valence-corrected chi connectivity index (χ1v) is 6.99. The lowest BCUT2D eigenvalue weighted by Crippen LogP contribution is -2.19. The Morgan fingerprint density at radius 2 is 2.12 bits per heavy atom. The molecule has 0 saturated carbocycles. The van der Waals surface area contributed by atoms with Crippen LogP contribution in [0, 0.1) is 17.0 Å². The Bertz CT molecular complexity index is 859. The lowest BCUT2D eigenvalue weighted by atomic mass is 10.0. The van der Waals surface area contributed by atoms with Crippen LogP contribution in [0.4, 0.5) is 5.69 Å². The van der Waals surface area contributed by atoms with Gasteiger partial charge in [-0.15, -0.1) is 0 Å². The average Bonchev–Trinajstić information content (AvgIpc) is 2.53. The summed E-state index contributed by atoms with van der Waals surface area (Å²) in [7, 11) is 1.31. The number of nitro groups is 1. The molecule has 9 heteroatoms. The first-order chi connectivity index (χ1) is 11.4. The van der Waals surface area contributed by atoms with Gasteiger partial charge in [0, 0.05) is 17.3 Å². The Balaban J connectivity index is 2.72. The monoisotopic (exact) mass is 333 g/mol. The fraction of sp³-hybridized carbons (Fsp3) is 0.267. The van der Waals surface area contributed by atoms with Crippen molar-refractivity contribution in [3.05, 3.63) is 50.1 Å². The summed E-state index contributed by atoms with van der Waals surface area (Å²) in [4.78, 5) is 40.6. The number of nitro benzene ring substituents is 1. The van der Waals surface area contributed by atoms with Crippen molar-refractivity contribution in [2.24, 2.45) is 0 Å². The van der Waals surface area contributed by atoms with E-state index in [1.54, 1.807) is 6.92 Å². The van der Waals surface area contributed by atoms with Crippen LogP contribution in [0.25, 0.3) is 11.3 Å². The summed E-state index contributed by atoms with van der Waals surface area (Å²) >= 11 is 0. The van der Waals surface area contributed by atoms with Gasteiger partial charge in [0.1, 0.15) is 5.56 Å². The van der Waals surface area contributed by atoms with Gasteiger partial charge < -0.3 is 14.5 Å². The molecular weight excluding hydrogens is 318 g/mol. The quantitative estimate of drug-likeness (QED) is 0.503. The van der Waals surface area contributed by atoms with Crippen molar-refractivity contribution in [2.45, 2.75) is 13.8 Å². The largest absolute Gasteiger partial charge is 0.490 e. The van der Waals surface area contributed by atoms with E-state index in [1.807, 2.05) is 0 Å². The molecule has 24 heavy (non-hydrogen) atoms. The van der Waals surface area contributed by atoms with Crippen LogP contribution >= 0.6 is 0 Å². The minimum atomic E-state index is -0.674. The number of rotatable bonds is 5. The Morgan fingerprint density at radius 1 is 1.42 bits per heavy atom. The Kier molecular flexibility index (Phi) is 4.93. The molecule has 0 fully saturated rings. The molecule has 1 heterocycles. The molecule has 2 rings (SSSR count). The first-order valence-electron chi connectivity index (χ1n) is 6.99. The standard InChI is InChI=1S/C15H15N3O6/c1-4-24-14(19)12-8(2)16-15(20)17-13(12)9-5-6-11(23-3)10(7-9)18(21)22/h5-7H,4H2,1-3H3,(H,16,17,20). The summed E-state index contributed by atoms with van der Waals surface area (Å²) in [6.45, 7) is 3.31. The van der Waals surface area contributed by atoms with Crippen LogP contribution in [0.1, 0.15) is 23.0 Å². The number of benzene rings is 1. The molecule has 2 aromatic rings. The van der Waals surface area contributed by atoms with Crippen molar-refractivity contribution in [1.29, 1.82) is 0 Å². The molecule has 0 unspecified atom stereocenters. The zero-order valence-corrected chi connectivity index (χ0v) is 13.3. The highest BCUT2D eigenvalue weighted by atomic mass is 16.6. The molecular formula is C15H15N3O6. The number of esters is 1. The number of hydrogen-bond acceptors (Lipinski definition) is 7. The van der Waals surface area contributed by atoms with Crippen molar-refractivity contribution < 1.29 is 19.2 Å². The van der Waals surface area contributed by atoms with Gasteiger partial charge >= 0.3 is 17.3 Å². The lowest BCUT2D eigenvalue weighted by molar-refractivity contribution is -0.385. The predicted molar refractivity (Wildman–Crippen MR) is 84.2 cm³/mol. The molecule has 0 amide bonds. The van der Waals surface area contributed by atoms with Crippen LogP contribution in [0.2, 0.25) is 0 Å². The maximum atomic E-state index is 12.2. The number of aromatic amines is 1. The molecule has 0 atom stereocenters. The van der Waals surface area contributed by atoms with Gasteiger partial charge in [-0.25, -0.2) is 9.59 Å². The van der Waals surface area contributed by atoms with Crippen LogP contribution in [-0.4, -0.2) is 34.6 Å². The third-order valence-electron chi connectivity index (χ3n) is 3.25. The number of H-pyrrole nitrogens is 1. The number of nitrogens with one attached hydrogen (secondary N) is 1. The van der Waals surface area contributed by atoms with E-state index in [4.69, 9.17) is 9.47 Å². The van der Waals surface area contributed by atoms with Crippen LogP contribution < -0.4 is 10.4 Å². The third kappa shape index (κ3) is 3.24. The Labute approximate surface area is 136 Å². The summed E-state index contributed by atoms with van der Waals surface area (Å²) in [5, 5.41) is 11.2. The van der Waals surface area contributed by atoms with Crippen molar-refractivity contribution in [3.63, 3.8) is 0 Å². The number of carbonyl (C=O) groups excluding carboxylic acids is 1. The molecule has 1 aromatic heterocycles. The average molecular weight is 333 g/mol. The number of aryl methyl sites for hydroxylation is 1. The zero-order valence-electron chi connectivity index (χ0n) is 13.3. The van der Waals surface area contributed by atoms with E-state index in [0.717, 1.165) is 0 Å². The van der Waals surface area contributed by atoms with Gasteiger partial charge in [0.2, 0.25) is 0 Å². The number of methoxy groups -OCH3 is 1. The number of nitrogens with zero attached hydrogens (tertiary/aromatic N) is 2. The molecule has 0 bridgehead atoms. The molecule has 0 aliphatic carbocycles. The van der Waals surface area contributed by atoms with Gasteiger partial charge in [-0.3, -0.25) is 10.1 Å². The minimum Gasteiger partial charge on any atom is -0.490 e. The highest BCUT2D eigenvalue weighted by Crippen LogP contribution is 2.32. The van der Waals surface area contributed by atoms with Gasteiger partial charge in [-0.2, -0.15) is 4.98 Å². The highest BCUT2D eigenvalue weighted by molar-refractivity contribution is 5.97. The van der Waals surface area contributed by atoms with Gasteiger partial charge in [0.05, 0.1) is 24.3 Å². The van der Waals surface area contributed by atoms with Crippen LogP contribution in [0.5, 0.6) is 5.75 Å². The molecule has 1 N–H and O–H groups in total. The third-order valence-corrected chi connectivity index (χ3v) is 3.25. The van der Waals surface area contributed by atoms with Gasteiger partial charge in [-0.1, -0.05) is 0 Å². The first kappa shape index (κ1) is 17.1. The molecule has 9 nitrogen and oxygen atoms in total. The zero-order chi connectivity index (χ0) is 17.9. The molecule has 0 saturated heterocycles. The fourth-order valence-corrected chi connectivity index (χ4v) is 2.23. The molecule has 0 spiro atoms. The van der Waals surface area contributed by atoms with E-state index < -0.39 is 16.6 Å². The lowest BCUT2D eigenvalue weighted by Gasteiger charge is -2.11. The topological polar surface area (TPSA) is 124 Å². The van der Waals surface area contributed by atoms with Gasteiger partial charge in [0.15, 0.2) is 5.75 Å². The minimum absolute atomic E-state index is 0.0143. The van der Waals surface area contributed by atoms with E-state index in [9.17, 15) is 19.7 Å². The van der Waals surface area contributed by atoms with Crippen molar-refractivity contribution in [1.82, 2.24) is 9.97 Å². The molecule has 0 radical (unpaired) electrons. The Morgan fingerprint density at radius 3 is 2.71 bits per heavy atom. The number of aromatic nitrogens is 2. The molecule has 0 aliphatic heterocycles. The second-order valence-electron chi connectivity index (χ2n) is 4.75. The number of carbonyl (C=O) groups is 1. The number of ether oxygens (including phenoxy) is 2.